The summed E-state index contributed by atoms with van der Waals surface area (Å²) in [7, 11) is 1.18. The fourth-order valence-electron chi connectivity index (χ4n) is 16.7. The Hall–Kier alpha value is -15.2. The first-order valence-corrected chi connectivity index (χ1v) is 49.8. The lowest BCUT2D eigenvalue weighted by atomic mass is 9.84. The number of nitrogens with one attached hydrogen (secondary N) is 14. The van der Waals surface area contributed by atoms with Crippen molar-refractivity contribution in [3.63, 3.8) is 0 Å². The number of primary amides is 3. The lowest BCUT2D eigenvalue weighted by Crippen LogP contribution is -2.65. The third kappa shape index (κ3) is 37.7. The van der Waals surface area contributed by atoms with Crippen LogP contribution in [0.2, 0.25) is 0 Å². The summed E-state index contributed by atoms with van der Waals surface area (Å²) < 4.78 is 0. The van der Waals surface area contributed by atoms with Crippen molar-refractivity contribution in [2.45, 2.75) is 247 Å². The molecule has 18 amide bonds. The van der Waals surface area contributed by atoms with Gasteiger partial charge in [-0.15, -0.1) is 11.8 Å². The number of thioether (sulfide) groups is 1. The topological polar surface area (TPSA) is 737 Å². The van der Waals surface area contributed by atoms with Crippen LogP contribution in [-0.4, -0.2) is 283 Å². The van der Waals surface area contributed by atoms with Crippen LogP contribution in [0.5, 0.6) is 0 Å². The molecule has 46 heteroatoms. The third-order valence-corrected chi connectivity index (χ3v) is 26.1. The number of carboxylic acid groups (broad SMARTS) is 2. The fourth-order valence-corrected chi connectivity index (χ4v) is 17.6. The van der Waals surface area contributed by atoms with E-state index in [1.54, 1.807) is 69.3 Å². The highest BCUT2D eigenvalue weighted by atomic mass is 32.2. The molecular formula is C102H135N21O24S. The van der Waals surface area contributed by atoms with Gasteiger partial charge in [0.25, 0.3) is 0 Å². The number of aliphatic hydroxyl groups excluding tert-OH is 1. The number of aliphatic hydroxyl groups is 2. The lowest BCUT2D eigenvalue weighted by Gasteiger charge is -2.33. The van der Waals surface area contributed by atoms with Gasteiger partial charge >= 0.3 is 11.9 Å². The SMILES string of the molecule is Cc1cccc(C[C@@H]2NC(=O)[C@H](CC(=O)O)NC(=O)[C@H](Cc3ccc(C(=O)O)cc3)NC(=O)[C@H](Cc3ccncc3)NC(=O)CSC[C@@H](C(=O)N[C@@H](CCN)C(N)=O)NC(=O)[C@H](CO)NC(=O)[C@H](C(C)(C)O)NC(=O)[C@H](CC3CCCCC3)NC(=O)[C@H](CCN)NC(=O)[C@@H](CC(C)C)NC(=O)[C@H](C)N(C)C(=O)[C@H](CCC(N)=O)NC(=O)[C@H](Cc3ccc(-c4ccccc4)cc3)NC(=O)[C@H](Cc3ccc(C(N)=O)cc3)NC2=O)c1. The average Bonchev–Trinajstić information content (AvgIpc) is 0.838. The van der Waals surface area contributed by atoms with Gasteiger partial charge in [0.15, 0.2) is 0 Å². The summed E-state index contributed by atoms with van der Waals surface area (Å²) in [6, 6.07) is 9.12. The van der Waals surface area contributed by atoms with E-state index in [1.165, 1.54) is 87.0 Å². The molecule has 0 radical (unpaired) electrons. The molecule has 148 heavy (non-hydrogen) atoms. The number of amides is 18. The quantitative estimate of drug-likeness (QED) is 0.0213. The molecule has 8 rings (SSSR count). The van der Waals surface area contributed by atoms with Crippen LogP contribution in [-0.2, 0) is 118 Å². The van der Waals surface area contributed by atoms with Crippen molar-refractivity contribution >= 4 is 130 Å². The van der Waals surface area contributed by atoms with E-state index in [0.29, 0.717) is 46.9 Å². The van der Waals surface area contributed by atoms with E-state index in [0.717, 1.165) is 49.1 Å². The molecule has 798 valence electrons. The molecule has 1 saturated carbocycles. The van der Waals surface area contributed by atoms with Gasteiger partial charge in [0, 0.05) is 69.3 Å². The van der Waals surface area contributed by atoms with Crippen LogP contribution in [0, 0.1) is 18.8 Å². The molecule has 15 atom stereocenters. The Balaban J connectivity index is 1.26. The van der Waals surface area contributed by atoms with Crippen molar-refractivity contribution in [1.29, 1.82) is 0 Å². The number of aromatic nitrogens is 1. The number of nitrogens with zero attached hydrogens (tertiary/aromatic N) is 2. The van der Waals surface area contributed by atoms with E-state index >= 15 is 38.4 Å². The third-order valence-electron chi connectivity index (χ3n) is 25.0. The zero-order valence-electron chi connectivity index (χ0n) is 83.4. The van der Waals surface area contributed by atoms with Crippen molar-refractivity contribution in [3.8, 4) is 11.1 Å². The summed E-state index contributed by atoms with van der Waals surface area (Å²) in [6.45, 7) is 6.92. The number of aryl methyl sites for hydroxylation is 1. The second kappa shape index (κ2) is 57.7. The number of aliphatic carboxylic acids is 1. The Morgan fingerprint density at radius 2 is 0.939 bits per heavy atom. The van der Waals surface area contributed by atoms with Gasteiger partial charge in [-0.1, -0.05) is 155 Å². The molecule has 0 spiro atoms. The van der Waals surface area contributed by atoms with Gasteiger partial charge in [0.1, 0.15) is 90.6 Å². The Labute approximate surface area is 859 Å². The Morgan fingerprint density at radius 3 is 1.43 bits per heavy atom. The molecule has 28 N–H and O–H groups in total. The van der Waals surface area contributed by atoms with Gasteiger partial charge in [-0.05, 0) is 160 Å². The molecule has 0 unspecified atom stereocenters. The number of carbonyl (C=O) groups is 20. The van der Waals surface area contributed by atoms with Crippen LogP contribution in [0.25, 0.3) is 11.1 Å². The van der Waals surface area contributed by atoms with Crippen LogP contribution in [0.4, 0.5) is 0 Å². The largest absolute Gasteiger partial charge is 0.481 e. The first kappa shape index (κ1) is 118. The van der Waals surface area contributed by atoms with E-state index in [-0.39, 0.29) is 79.3 Å². The normalized spacial score (nSPS) is 23.0. The molecule has 1 aromatic heterocycles. The Kier molecular flexibility index (Phi) is 46.0. The highest BCUT2D eigenvalue weighted by Crippen LogP contribution is 2.29. The molecule has 2 fully saturated rings. The van der Waals surface area contributed by atoms with E-state index in [1.807, 2.05) is 30.3 Å². The van der Waals surface area contributed by atoms with E-state index in [2.05, 4.69) is 79.4 Å². The smallest absolute Gasteiger partial charge is 0.335 e. The molecular weight excluding hydrogens is 1940 g/mol. The average molecular weight is 2070 g/mol. The second-order valence-corrected chi connectivity index (χ2v) is 38.8. The van der Waals surface area contributed by atoms with Gasteiger partial charge < -0.3 is 128 Å². The molecule has 5 aromatic carbocycles. The predicted molar refractivity (Wildman–Crippen MR) is 542 cm³/mol. The molecule has 1 saturated heterocycles. The highest BCUT2D eigenvalue weighted by Gasteiger charge is 2.44. The zero-order chi connectivity index (χ0) is 109. The number of carboxylic acids is 2. The first-order chi connectivity index (χ1) is 70.2. The van der Waals surface area contributed by atoms with Gasteiger partial charge in [-0.2, -0.15) is 0 Å². The maximum absolute atomic E-state index is 15.8. The summed E-state index contributed by atoms with van der Waals surface area (Å²) in [5.74, 6) is -24.8. The number of aromatic carboxylic acids is 1. The molecule has 2 heterocycles. The maximum atomic E-state index is 15.8. The summed E-state index contributed by atoms with van der Waals surface area (Å²) in [5, 5.41) is 78.8. The number of benzene rings is 5. The van der Waals surface area contributed by atoms with Gasteiger partial charge in [-0.25, -0.2) is 4.79 Å². The number of hydrogen-bond donors (Lipinski definition) is 23. The van der Waals surface area contributed by atoms with Crippen LogP contribution < -0.4 is 103 Å². The minimum atomic E-state index is -2.26. The summed E-state index contributed by atoms with van der Waals surface area (Å²) in [4.78, 5) is 294. The van der Waals surface area contributed by atoms with E-state index < -0.39 is 278 Å². The lowest BCUT2D eigenvalue weighted by molar-refractivity contribution is -0.143. The summed E-state index contributed by atoms with van der Waals surface area (Å²) in [5.41, 5.74) is 30.1. The summed E-state index contributed by atoms with van der Waals surface area (Å²) >= 11 is 0.632. The van der Waals surface area contributed by atoms with Crippen molar-refractivity contribution in [2.24, 2.45) is 40.5 Å². The Morgan fingerprint density at radius 1 is 0.486 bits per heavy atom. The Bertz CT molecular complexity index is 5660. The monoisotopic (exact) mass is 2070 g/mol. The van der Waals surface area contributed by atoms with Crippen molar-refractivity contribution in [3.05, 3.63) is 196 Å². The molecule has 1 aliphatic heterocycles. The summed E-state index contributed by atoms with van der Waals surface area (Å²) in [6.07, 6.45) is 0.787. The zero-order valence-corrected chi connectivity index (χ0v) is 84.3. The van der Waals surface area contributed by atoms with Crippen molar-refractivity contribution in [1.82, 2.24) is 84.3 Å². The number of likely N-dealkylation sites (N-methyl/N-ethyl adjacent to an activating group) is 1. The molecule has 2 aliphatic rings. The molecule has 45 nitrogen and oxygen atoms in total. The number of rotatable bonds is 31. The van der Waals surface area contributed by atoms with Crippen molar-refractivity contribution in [2.75, 3.05) is 38.2 Å². The van der Waals surface area contributed by atoms with Crippen LogP contribution >= 0.6 is 11.8 Å². The van der Waals surface area contributed by atoms with Crippen LogP contribution in [0.1, 0.15) is 166 Å². The maximum Gasteiger partial charge on any atom is 0.335 e. The number of hydrogen-bond acceptors (Lipinski definition) is 26. The molecule has 6 aromatic rings. The van der Waals surface area contributed by atoms with Crippen LogP contribution in [0.3, 0.4) is 0 Å². The number of carbonyl (C=O) groups excluding carboxylic acids is 18. The van der Waals surface area contributed by atoms with Gasteiger partial charge in [0.05, 0.1) is 29.9 Å². The van der Waals surface area contributed by atoms with E-state index in [9.17, 15) is 78.0 Å². The number of nitrogens with two attached hydrogens (primary N) is 5. The van der Waals surface area contributed by atoms with E-state index in [4.69, 9.17) is 28.7 Å². The molecule has 1 aliphatic carbocycles. The predicted octanol–water partition coefficient (Wildman–Crippen LogP) is -2.55. The highest BCUT2D eigenvalue weighted by molar-refractivity contribution is 8.00. The van der Waals surface area contributed by atoms with Crippen molar-refractivity contribution < 1.29 is 116 Å². The minimum absolute atomic E-state index is 0.0160. The minimum Gasteiger partial charge on any atom is -0.481 e. The van der Waals surface area contributed by atoms with Crippen LogP contribution in [0.15, 0.2) is 152 Å². The second-order valence-electron chi connectivity index (χ2n) is 37.8. The first-order valence-electron chi connectivity index (χ1n) is 48.6. The number of pyridine rings is 1. The van der Waals surface area contributed by atoms with Gasteiger partial charge in [-0.3, -0.25) is 96.1 Å². The molecule has 0 bridgehead atoms. The fraction of sp³-hybridized carbons (Fsp3) is 0.461. The standard InChI is InChI=1S/C102H135N21O24S/c1-55(2)43-71-89(133)111-69(36-40-104)88(132)114-76(45-58-16-10-8-11-17-58)96(140)122-84(102(5,6)147)99(143)120-79(52-124)97(141)121-80(98(142)110-68(35-39-103)86(107)130)53-148-54-82(126)109-72(49-62-37-41-108-42-38-62)90(134)115-75(48-61-25-31-67(32-26-61)101(145)146)93(137)119-78(51-83(127)128)95(139)118-77(50-63-18-14-15-56(3)44-63)94(138)117-74(47-60-23-29-66(30-24-60)85(106)129)92(136)116-73(46-59-21-27-65(28-22-59)64-19-12-9-13-20-64)91(135)112-70(33-34-81(105)125)100(144)123(7)57(4)87(131)113-71/h9,12-15,18-32,37-38,41-42,44,55,57-58,68-80,84,124,147H,8,10-11,16-17,33-36,39-40,43,45-54,103-104H2,1-7H3,(H2,105,125)(H2,106,129)(H2,107,130)(H,109,126)(H,110,142)(H,111,133)(H,112,135)(H,113,131)(H,114,132)(H,115,134)(H,116,136)(H,117,138)(H,118,139)(H,119,137)(H,120,143)(H,121,141)(H,122,140)(H,127,128)(H,145,146)/t57-,68-,69-,70-,71+,72-,73-,74-,75-,76-,77-,78-,79-,80-,84+/m0/s1. The van der Waals surface area contributed by atoms with Gasteiger partial charge in [0.2, 0.25) is 106 Å².